The molecule has 2 atom stereocenters. The average Bonchev–Trinajstić information content (AvgIpc) is 3.26. The molecule has 3 rings (SSSR count). The lowest BCUT2D eigenvalue weighted by molar-refractivity contribution is 0.0941. The zero-order chi connectivity index (χ0) is 17.8. The van der Waals surface area contributed by atoms with Gasteiger partial charge in [-0.15, -0.1) is 5.10 Å². The topological polar surface area (TPSA) is 77.0 Å². The van der Waals surface area contributed by atoms with Crippen LogP contribution in [0.2, 0.25) is 0 Å². The molecule has 0 amide bonds. The molecule has 0 aliphatic carbocycles. The first kappa shape index (κ1) is 17.9. The summed E-state index contributed by atoms with van der Waals surface area (Å²) in [5, 5.41) is 6.77. The Morgan fingerprint density at radius 2 is 2.20 bits per heavy atom. The van der Waals surface area contributed by atoms with E-state index in [0.717, 1.165) is 25.9 Å². The Balaban J connectivity index is 1.70. The lowest BCUT2D eigenvalue weighted by Gasteiger charge is -2.13. The second kappa shape index (κ2) is 8.01. The Hall–Kier alpha value is -1.86. The summed E-state index contributed by atoms with van der Waals surface area (Å²) in [5.74, 6) is 0.0340. The van der Waals surface area contributed by atoms with E-state index in [1.165, 1.54) is 17.3 Å². The van der Waals surface area contributed by atoms with Crippen molar-refractivity contribution < 1.29 is 9.53 Å². The molecule has 7 heteroatoms. The van der Waals surface area contributed by atoms with E-state index in [9.17, 15) is 9.59 Å². The van der Waals surface area contributed by atoms with Crippen molar-refractivity contribution in [2.45, 2.75) is 56.2 Å². The van der Waals surface area contributed by atoms with E-state index in [4.69, 9.17) is 4.74 Å². The zero-order valence-electron chi connectivity index (χ0n) is 14.5. The van der Waals surface area contributed by atoms with Crippen LogP contribution in [0.25, 0.3) is 0 Å². The molecule has 1 aliphatic rings. The number of aryl methyl sites for hydroxylation is 1. The van der Waals surface area contributed by atoms with Crippen molar-refractivity contribution in [2.75, 3.05) is 6.61 Å². The molecule has 134 valence electrons. The zero-order valence-corrected chi connectivity index (χ0v) is 15.3. The third-order valence-corrected chi connectivity index (χ3v) is 5.52. The monoisotopic (exact) mass is 361 g/mol. The van der Waals surface area contributed by atoms with Crippen LogP contribution in [0.15, 0.2) is 34.2 Å². The second-order valence-electron chi connectivity index (χ2n) is 6.23. The summed E-state index contributed by atoms with van der Waals surface area (Å²) in [6, 6.07) is 7.68. The lowest BCUT2D eigenvalue weighted by atomic mass is 10.1. The molecule has 2 aromatic rings. The number of rotatable bonds is 7. The van der Waals surface area contributed by atoms with E-state index in [-0.39, 0.29) is 22.8 Å². The number of nitrogens with one attached hydrogen (secondary N) is 1. The van der Waals surface area contributed by atoms with Crippen LogP contribution in [0.4, 0.5) is 0 Å². The van der Waals surface area contributed by atoms with Gasteiger partial charge in [0.25, 0.3) is 0 Å². The molecule has 25 heavy (non-hydrogen) atoms. The summed E-state index contributed by atoms with van der Waals surface area (Å²) in [6.07, 6.45) is 2.95. The first-order valence-corrected chi connectivity index (χ1v) is 9.53. The number of carbonyl (C=O) groups is 1. The van der Waals surface area contributed by atoms with Crippen molar-refractivity contribution in [3.05, 3.63) is 45.9 Å². The largest absolute Gasteiger partial charge is 0.376 e. The molecule has 0 saturated carbocycles. The van der Waals surface area contributed by atoms with E-state index < -0.39 is 0 Å². The highest BCUT2D eigenvalue weighted by Gasteiger charge is 2.23. The van der Waals surface area contributed by atoms with Gasteiger partial charge < -0.3 is 4.74 Å². The number of benzene rings is 1. The number of hydrogen-bond acceptors (Lipinski definition) is 5. The third kappa shape index (κ3) is 4.22. The quantitative estimate of drug-likeness (QED) is 0.606. The molecule has 2 unspecified atom stereocenters. The van der Waals surface area contributed by atoms with E-state index in [1.54, 1.807) is 4.57 Å². The number of aromatic amines is 1. The van der Waals surface area contributed by atoms with Crippen molar-refractivity contribution >= 4 is 17.5 Å². The molecule has 1 saturated heterocycles. The second-order valence-corrected chi connectivity index (χ2v) is 7.54. The van der Waals surface area contributed by atoms with Gasteiger partial charge in [-0.3, -0.25) is 9.36 Å². The highest BCUT2D eigenvalue weighted by Crippen LogP contribution is 2.24. The molecule has 2 heterocycles. The number of ether oxygens (including phenoxy) is 1. The van der Waals surface area contributed by atoms with Gasteiger partial charge in [-0.2, -0.15) is 0 Å². The Morgan fingerprint density at radius 1 is 1.44 bits per heavy atom. The number of H-pyrrole nitrogens is 1. The first-order chi connectivity index (χ1) is 12.1. The fraction of sp³-hybridized carbons (Fsp3) is 0.500. The summed E-state index contributed by atoms with van der Waals surface area (Å²) in [6.45, 7) is 5.14. The number of nitrogens with zero attached hydrogens (tertiary/aromatic N) is 2. The van der Waals surface area contributed by atoms with Gasteiger partial charge in [-0.25, -0.2) is 9.89 Å². The minimum absolute atomic E-state index is 0.0340. The molecule has 6 nitrogen and oxygen atoms in total. The molecule has 0 bridgehead atoms. The smallest absolute Gasteiger partial charge is 0.344 e. The van der Waals surface area contributed by atoms with Gasteiger partial charge in [0.2, 0.25) is 0 Å². The SMILES string of the molecule is CCc1ccc(C(=O)C(C)Sc2n[nH]c(=O)n2CC2CCCO2)cc1. The molecule has 1 aromatic carbocycles. The number of carbonyl (C=O) groups excluding carboxylic acids is 1. The Kier molecular flexibility index (Phi) is 5.75. The van der Waals surface area contributed by atoms with Gasteiger partial charge in [-0.1, -0.05) is 43.0 Å². The van der Waals surface area contributed by atoms with Crippen molar-refractivity contribution in [1.82, 2.24) is 14.8 Å². The molecule has 0 spiro atoms. The molecular formula is C18H23N3O3S. The third-order valence-electron chi connectivity index (χ3n) is 4.43. The summed E-state index contributed by atoms with van der Waals surface area (Å²) < 4.78 is 7.18. The maximum absolute atomic E-state index is 12.6. The Labute approximate surface area is 151 Å². The number of hydrogen-bond donors (Lipinski definition) is 1. The summed E-state index contributed by atoms with van der Waals surface area (Å²) in [4.78, 5) is 24.7. The summed E-state index contributed by atoms with van der Waals surface area (Å²) in [5.41, 5.74) is 1.63. The van der Waals surface area contributed by atoms with Crippen molar-refractivity contribution in [3.63, 3.8) is 0 Å². The number of Topliss-reactive ketones (excluding diaryl/α,β-unsaturated/α-hetero) is 1. The summed E-state index contributed by atoms with van der Waals surface area (Å²) in [7, 11) is 0. The number of ketones is 1. The standard InChI is InChI=1S/C18H23N3O3S/c1-3-13-6-8-14(9-7-13)16(22)12(2)25-18-20-19-17(23)21(18)11-15-5-4-10-24-15/h6-9,12,15H,3-5,10-11H2,1-2H3,(H,19,23). The van der Waals surface area contributed by atoms with E-state index >= 15 is 0 Å². The van der Waals surface area contributed by atoms with Gasteiger partial charge in [0.05, 0.1) is 17.9 Å². The number of aromatic nitrogens is 3. The highest BCUT2D eigenvalue weighted by molar-refractivity contribution is 8.00. The van der Waals surface area contributed by atoms with Gasteiger partial charge in [0.15, 0.2) is 10.9 Å². The molecular weight excluding hydrogens is 338 g/mol. The highest BCUT2D eigenvalue weighted by atomic mass is 32.2. The van der Waals surface area contributed by atoms with Crippen LogP contribution in [0.3, 0.4) is 0 Å². The minimum Gasteiger partial charge on any atom is -0.376 e. The van der Waals surface area contributed by atoms with Gasteiger partial charge in [0.1, 0.15) is 0 Å². The van der Waals surface area contributed by atoms with Crippen LogP contribution in [-0.4, -0.2) is 38.5 Å². The Morgan fingerprint density at radius 3 is 2.84 bits per heavy atom. The minimum atomic E-state index is -0.328. The van der Waals surface area contributed by atoms with Crippen LogP contribution in [-0.2, 0) is 17.7 Å². The maximum Gasteiger partial charge on any atom is 0.344 e. The predicted octanol–water partition coefficient (Wildman–Crippen LogP) is 2.68. The van der Waals surface area contributed by atoms with Crippen molar-refractivity contribution in [2.24, 2.45) is 0 Å². The van der Waals surface area contributed by atoms with E-state index in [1.807, 2.05) is 31.2 Å². The maximum atomic E-state index is 12.6. The molecule has 0 radical (unpaired) electrons. The van der Waals surface area contributed by atoms with Crippen LogP contribution in [0.5, 0.6) is 0 Å². The van der Waals surface area contributed by atoms with Crippen molar-refractivity contribution in [1.29, 1.82) is 0 Å². The Bertz CT molecular complexity index is 776. The number of thioether (sulfide) groups is 1. The van der Waals surface area contributed by atoms with Crippen molar-refractivity contribution in [3.8, 4) is 0 Å². The van der Waals surface area contributed by atoms with Crippen LogP contribution >= 0.6 is 11.8 Å². The molecule has 1 fully saturated rings. The molecule has 1 aromatic heterocycles. The van der Waals surface area contributed by atoms with Gasteiger partial charge in [-0.05, 0) is 31.7 Å². The van der Waals surface area contributed by atoms with E-state index in [0.29, 0.717) is 17.3 Å². The lowest BCUT2D eigenvalue weighted by Crippen LogP contribution is -2.25. The van der Waals surface area contributed by atoms with Crippen LogP contribution in [0, 0.1) is 0 Å². The predicted molar refractivity (Wildman–Crippen MR) is 97.3 cm³/mol. The molecule has 1 aliphatic heterocycles. The fourth-order valence-corrected chi connectivity index (χ4v) is 3.84. The van der Waals surface area contributed by atoms with Gasteiger partial charge >= 0.3 is 5.69 Å². The first-order valence-electron chi connectivity index (χ1n) is 8.65. The summed E-state index contributed by atoms with van der Waals surface area (Å²) >= 11 is 1.30. The normalized spacial score (nSPS) is 18.4. The molecule has 1 N–H and O–H groups in total. The average molecular weight is 361 g/mol. The fourth-order valence-electron chi connectivity index (χ4n) is 2.90. The van der Waals surface area contributed by atoms with Crippen LogP contribution in [0.1, 0.15) is 42.6 Å². The van der Waals surface area contributed by atoms with Crippen LogP contribution < -0.4 is 5.69 Å². The van der Waals surface area contributed by atoms with Gasteiger partial charge in [0, 0.05) is 12.2 Å². The van der Waals surface area contributed by atoms with E-state index in [2.05, 4.69) is 17.1 Å².